The van der Waals surface area contributed by atoms with E-state index in [-0.39, 0.29) is 29.9 Å². The minimum absolute atomic E-state index is 0.111. The van der Waals surface area contributed by atoms with Crippen LogP contribution < -0.4 is 29.1 Å². The average Bonchev–Trinajstić information content (AvgIpc) is 1.19. The number of para-hydroxylation sites is 1. The molecule has 8 aliphatic heterocycles. The number of fused-ring (bicyclic) bond motifs is 4. The fourth-order valence-corrected chi connectivity index (χ4v) is 24.0. The highest BCUT2D eigenvalue weighted by Gasteiger charge is 2.39. The molecule has 0 saturated carbocycles. The van der Waals surface area contributed by atoms with Crippen LogP contribution in [0, 0.1) is 24.4 Å². The minimum Gasteiger partial charge on any atom is -0.497 e. The lowest BCUT2D eigenvalue weighted by molar-refractivity contribution is 0.141. The van der Waals surface area contributed by atoms with Crippen molar-refractivity contribution in [2.45, 2.75) is 115 Å². The molecule has 22 nitrogen and oxygen atoms in total. The maximum Gasteiger partial charge on any atom is 0.297 e. The summed E-state index contributed by atoms with van der Waals surface area (Å²) in [5.74, 6) is 20.4. The van der Waals surface area contributed by atoms with Crippen molar-refractivity contribution in [3.63, 3.8) is 0 Å². The second-order valence-corrected chi connectivity index (χ2v) is 37.4. The monoisotopic (exact) mass is 1500 g/mol. The van der Waals surface area contributed by atoms with E-state index in [1.807, 2.05) is 50.8 Å². The summed E-state index contributed by atoms with van der Waals surface area (Å²) in [5, 5.41) is 3.05. The molecule has 31 heteroatoms. The standard InChI is InChI=1S/C19H26N4O2S.C18H22F2N4OS.C18H23FN4O2S.C17H20F2N4OS/c1-14-20-18-8-7-16(25-2)12-17(18)19(21-14)22-9-4-6-15(13-22)23-10-5-11-26(23,3)24;1-26(25)11-5-10-24(26)13-6-4-9-23(12-13)18-14-7-2-3-8-15(14)21-17(22-18)16(19)20;1-25-17-9-14-16(10-15(17)19)20-12-21-18(14)22-6-3-5-13(11-22)23-7-4-8-26(23,2)24;1-25(24)7-3-6-23(25)12-4-2-5-22(10-12)17-13-8-14(18)15(19)9-16(13)20-11-21-17/h7-8,12,15H,3-6,9-11,13H2,1-2H3;2-3,7-8,13,16H,1,4-6,9-12H2;9-10,12-13H,2-8,11H2,1H3;8-9,11-12H,1-7,10H2. The van der Waals surface area contributed by atoms with E-state index in [0.29, 0.717) is 63.9 Å². The summed E-state index contributed by atoms with van der Waals surface area (Å²) < 4.78 is 137. The van der Waals surface area contributed by atoms with Crippen molar-refractivity contribution in [2.24, 2.45) is 0 Å². The van der Waals surface area contributed by atoms with Crippen molar-refractivity contribution >= 4 is 129 Å². The third kappa shape index (κ3) is 16.1. The van der Waals surface area contributed by atoms with Gasteiger partial charge in [-0.25, -0.2) is 79.0 Å². The van der Waals surface area contributed by atoms with Crippen molar-refractivity contribution < 1.29 is 48.3 Å². The Labute approximate surface area is 601 Å². The number of ether oxygens (including phenoxy) is 2. The molecule has 16 rings (SSSR count). The van der Waals surface area contributed by atoms with Crippen LogP contribution in [-0.2, 0) is 38.8 Å². The van der Waals surface area contributed by atoms with Crippen LogP contribution in [0.3, 0.4) is 0 Å². The van der Waals surface area contributed by atoms with Crippen LogP contribution >= 0.6 is 0 Å². The first kappa shape index (κ1) is 73.9. The van der Waals surface area contributed by atoms with Crippen LogP contribution in [0.4, 0.5) is 45.2 Å². The minimum atomic E-state index is -2.71. The first-order valence-electron chi connectivity index (χ1n) is 35.3. The zero-order chi connectivity index (χ0) is 72.5. The second-order valence-electron chi connectivity index (χ2n) is 27.7. The number of hydrogen-bond acceptors (Lipinski definition) is 18. The Hall–Kier alpha value is -7.39. The molecule has 0 bridgehead atoms. The van der Waals surface area contributed by atoms with E-state index in [2.05, 4.69) is 81.7 Å². The SMILES string of the molecule is C=S1(=O)CCCN1C1CCCN(c2nc(C(F)F)nc3ccccc23)C1.C=S1(=O)CCCN1C1CCCN(c2nc(C)nc3ccc(OC)cc23)C1.C=S1(=O)CCCN1C1CCCN(c2ncnc3cc(F)c(F)cc23)C1.C=S1(=O)CCCN1C1CCCN(c2ncnc3cc(F)c(OC)cc23)C1. The molecule has 8 fully saturated rings. The van der Waals surface area contributed by atoms with Gasteiger partial charge in [-0.2, -0.15) is 0 Å². The third-order valence-corrected chi connectivity index (χ3v) is 29.9. The first-order valence-corrected chi connectivity index (χ1v) is 42.7. The number of piperidine rings is 4. The van der Waals surface area contributed by atoms with Crippen LogP contribution in [0.15, 0.2) is 79.4 Å². The summed E-state index contributed by atoms with van der Waals surface area (Å²) in [7, 11) is -5.51. The molecule has 8 atom stereocenters. The van der Waals surface area contributed by atoms with E-state index in [9.17, 15) is 38.8 Å². The van der Waals surface area contributed by atoms with Crippen LogP contribution in [0.5, 0.6) is 11.5 Å². The molecule has 0 amide bonds. The van der Waals surface area contributed by atoms with Crippen molar-refractivity contribution in [2.75, 3.05) is 135 Å². The molecule has 8 aromatic rings. The number of aryl methyl sites for hydroxylation is 1. The summed E-state index contributed by atoms with van der Waals surface area (Å²) in [5.41, 5.74) is 2.39. The Morgan fingerprint density at radius 1 is 0.427 bits per heavy atom. The molecule has 0 aliphatic carbocycles. The van der Waals surface area contributed by atoms with E-state index in [4.69, 9.17) is 14.5 Å². The highest BCUT2D eigenvalue weighted by Crippen LogP contribution is 2.38. The van der Waals surface area contributed by atoms with Gasteiger partial charge in [0.2, 0.25) is 0 Å². The van der Waals surface area contributed by atoms with Gasteiger partial charge >= 0.3 is 0 Å². The topological polar surface area (TPSA) is 216 Å². The fraction of sp³-hybridized carbons (Fsp3) is 0.500. The van der Waals surface area contributed by atoms with E-state index in [1.165, 1.54) is 25.8 Å². The smallest absolute Gasteiger partial charge is 0.297 e. The predicted octanol–water partition coefficient (Wildman–Crippen LogP) is 9.42. The van der Waals surface area contributed by atoms with Gasteiger partial charge in [0.1, 0.15) is 47.5 Å². The van der Waals surface area contributed by atoms with Gasteiger partial charge in [0, 0.05) is 198 Å². The van der Waals surface area contributed by atoms with E-state index in [1.54, 1.807) is 25.3 Å². The Morgan fingerprint density at radius 2 is 0.835 bits per heavy atom. The Balaban J connectivity index is 0.000000122. The van der Waals surface area contributed by atoms with Crippen LogP contribution in [0.1, 0.15) is 95.1 Å². The second kappa shape index (κ2) is 31.0. The number of nitrogens with zero attached hydrogens (tertiary/aromatic N) is 16. The number of rotatable bonds is 11. The van der Waals surface area contributed by atoms with Crippen molar-refractivity contribution in [3.05, 3.63) is 108 Å². The Morgan fingerprint density at radius 3 is 1.27 bits per heavy atom. The number of alkyl halides is 2. The van der Waals surface area contributed by atoms with Crippen LogP contribution in [-0.4, -0.2) is 237 Å². The highest BCUT2D eigenvalue weighted by atomic mass is 32.2. The number of benzene rings is 4. The lowest BCUT2D eigenvalue weighted by Crippen LogP contribution is -2.48. The third-order valence-electron chi connectivity index (χ3n) is 20.8. The quantitative estimate of drug-likeness (QED) is 0.0870. The molecule has 0 radical (unpaired) electrons. The molecule has 8 unspecified atom stereocenters. The van der Waals surface area contributed by atoms with Crippen molar-refractivity contribution in [1.29, 1.82) is 0 Å². The number of hydrogen-bond donors (Lipinski definition) is 0. The fourth-order valence-electron chi connectivity index (χ4n) is 16.0. The summed E-state index contributed by atoms with van der Waals surface area (Å²) in [4.78, 5) is 43.1. The molecule has 0 N–H and O–H groups in total. The number of aromatic nitrogens is 8. The van der Waals surface area contributed by atoms with E-state index in [0.717, 1.165) is 205 Å². The number of anilines is 4. The molecule has 0 spiro atoms. The van der Waals surface area contributed by atoms with Crippen LogP contribution in [0.25, 0.3) is 43.6 Å². The van der Waals surface area contributed by atoms with E-state index >= 15 is 0 Å². The van der Waals surface area contributed by atoms with Gasteiger partial charge in [0.15, 0.2) is 29.0 Å². The van der Waals surface area contributed by atoms with Gasteiger partial charge in [-0.15, -0.1) is 0 Å². The maximum atomic E-state index is 14.0. The van der Waals surface area contributed by atoms with Gasteiger partial charge < -0.3 is 29.1 Å². The van der Waals surface area contributed by atoms with Gasteiger partial charge in [-0.05, 0) is 150 Å². The Bertz CT molecular complexity index is 4920. The first-order chi connectivity index (χ1) is 49.4. The molecule has 8 saturated heterocycles. The maximum absolute atomic E-state index is 14.0. The molecule has 103 heavy (non-hydrogen) atoms. The highest BCUT2D eigenvalue weighted by molar-refractivity contribution is 7.99. The lowest BCUT2D eigenvalue weighted by Gasteiger charge is -2.39. The number of methoxy groups -OCH3 is 2. The molecule has 4 aromatic heterocycles. The van der Waals surface area contributed by atoms with Crippen molar-refractivity contribution in [3.8, 4) is 11.5 Å². The summed E-state index contributed by atoms with van der Waals surface area (Å²) in [6.07, 6.45) is 11.7. The summed E-state index contributed by atoms with van der Waals surface area (Å²) >= 11 is 0. The number of halogens is 5. The van der Waals surface area contributed by atoms with Gasteiger partial charge in [0.25, 0.3) is 6.43 Å². The van der Waals surface area contributed by atoms with Gasteiger partial charge in [-0.1, -0.05) is 12.1 Å². The van der Waals surface area contributed by atoms with Crippen molar-refractivity contribution in [1.82, 2.24) is 57.1 Å². The lowest BCUT2D eigenvalue weighted by atomic mass is 10.0. The normalized spacial score (nSPS) is 27.4. The Kier molecular flexibility index (Phi) is 22.2. The van der Waals surface area contributed by atoms with Crippen LogP contribution in [0.2, 0.25) is 0 Å². The molecule has 12 heterocycles. The molecule has 8 aliphatic rings. The van der Waals surface area contributed by atoms with E-state index < -0.39 is 68.5 Å². The zero-order valence-corrected chi connectivity index (χ0v) is 61.9. The average molecular weight is 1500 g/mol. The zero-order valence-electron chi connectivity index (χ0n) is 58.6. The predicted molar refractivity (Wildman–Crippen MR) is 408 cm³/mol. The largest absolute Gasteiger partial charge is 0.497 e. The molecular formula is C72H91F5N16O6S4. The summed E-state index contributed by atoms with van der Waals surface area (Å²) in [6, 6.07) is 19.2. The van der Waals surface area contributed by atoms with Gasteiger partial charge in [0.05, 0.1) is 36.3 Å². The molecular weight excluding hydrogens is 1410 g/mol. The molecule has 554 valence electrons. The van der Waals surface area contributed by atoms with Gasteiger partial charge in [-0.3, -0.25) is 16.8 Å². The molecule has 4 aromatic carbocycles. The summed E-state index contributed by atoms with van der Waals surface area (Å²) in [6.45, 7) is 11.4.